The van der Waals surface area contributed by atoms with Gasteiger partial charge in [0.1, 0.15) is 0 Å². The molecule has 0 aromatic heterocycles. The molecule has 0 saturated heterocycles. The van der Waals surface area contributed by atoms with Crippen LogP contribution in [-0.4, -0.2) is 36.0 Å². The molecule has 0 atom stereocenters. The predicted molar refractivity (Wildman–Crippen MR) is 51.2 cm³/mol. The summed E-state index contributed by atoms with van der Waals surface area (Å²) in [5, 5.41) is 10.5. The third-order valence-corrected chi connectivity index (χ3v) is 1.22. The largest absolute Gasteiger partial charge is 0.395 e. The Morgan fingerprint density at radius 3 is 2.40 bits per heavy atom. The molecule has 7 heteroatoms. The van der Waals surface area contributed by atoms with Crippen LogP contribution in [0.1, 0.15) is 6.92 Å². The molecule has 0 radical (unpaired) electrons. The molecule has 15 heavy (non-hydrogen) atoms. The van der Waals surface area contributed by atoms with Crippen LogP contribution in [0.25, 0.3) is 0 Å². The zero-order valence-electron chi connectivity index (χ0n) is 8.24. The van der Waals surface area contributed by atoms with Gasteiger partial charge in [0.15, 0.2) is 0 Å². The average Bonchev–Trinajstić information content (AvgIpc) is 2.22. The van der Waals surface area contributed by atoms with E-state index in [9.17, 15) is 14.4 Å². The average molecular weight is 215 g/mol. The molecule has 0 aromatic carbocycles. The second-order valence-corrected chi connectivity index (χ2v) is 2.42. The topological polar surface area (TPSA) is 108 Å². The SMILES string of the molecule is C/C=C\C(=O)NNC(=O)C(=O)NCCO. The number of amides is 3. The molecule has 0 bridgehead atoms. The van der Waals surface area contributed by atoms with Crippen LogP contribution >= 0.6 is 0 Å². The highest BCUT2D eigenvalue weighted by molar-refractivity contribution is 6.35. The van der Waals surface area contributed by atoms with E-state index in [1.54, 1.807) is 6.92 Å². The Bertz CT molecular complexity index is 275. The number of hydrogen-bond acceptors (Lipinski definition) is 4. The van der Waals surface area contributed by atoms with Gasteiger partial charge in [0.05, 0.1) is 6.61 Å². The molecule has 0 aliphatic rings. The maximum Gasteiger partial charge on any atom is 0.327 e. The first kappa shape index (κ1) is 13.1. The molecule has 0 aliphatic carbocycles. The Balaban J connectivity index is 3.83. The zero-order chi connectivity index (χ0) is 11.7. The van der Waals surface area contributed by atoms with Crippen LogP contribution in [0.2, 0.25) is 0 Å². The van der Waals surface area contributed by atoms with Gasteiger partial charge in [-0.05, 0) is 6.92 Å². The second kappa shape index (κ2) is 7.51. The predicted octanol–water partition coefficient (Wildman–Crippen LogP) is -2.18. The van der Waals surface area contributed by atoms with E-state index in [0.29, 0.717) is 0 Å². The Kier molecular flexibility index (Phi) is 6.56. The number of nitrogens with one attached hydrogen (secondary N) is 3. The molecule has 3 amide bonds. The number of carbonyl (C=O) groups excluding carboxylic acids is 3. The zero-order valence-corrected chi connectivity index (χ0v) is 8.24. The van der Waals surface area contributed by atoms with Crippen molar-refractivity contribution in [3.8, 4) is 0 Å². The van der Waals surface area contributed by atoms with E-state index in [2.05, 4.69) is 5.32 Å². The number of hydrogen-bond donors (Lipinski definition) is 4. The van der Waals surface area contributed by atoms with E-state index < -0.39 is 17.7 Å². The van der Waals surface area contributed by atoms with Crippen molar-refractivity contribution >= 4 is 17.7 Å². The number of hydrazine groups is 1. The molecule has 0 rings (SSSR count). The fraction of sp³-hybridized carbons (Fsp3) is 0.375. The number of aliphatic hydroxyl groups excluding tert-OH is 1. The molecule has 0 aromatic rings. The molecule has 0 aliphatic heterocycles. The van der Waals surface area contributed by atoms with Crippen molar-refractivity contribution in [3.63, 3.8) is 0 Å². The van der Waals surface area contributed by atoms with Gasteiger partial charge in [0, 0.05) is 12.6 Å². The summed E-state index contributed by atoms with van der Waals surface area (Å²) in [5.74, 6) is -2.47. The van der Waals surface area contributed by atoms with Gasteiger partial charge in [0.2, 0.25) is 0 Å². The van der Waals surface area contributed by atoms with Gasteiger partial charge >= 0.3 is 11.8 Å². The van der Waals surface area contributed by atoms with Crippen molar-refractivity contribution < 1.29 is 19.5 Å². The van der Waals surface area contributed by atoms with E-state index >= 15 is 0 Å². The summed E-state index contributed by atoms with van der Waals surface area (Å²) in [4.78, 5) is 32.6. The fourth-order valence-corrected chi connectivity index (χ4v) is 0.618. The first-order valence-corrected chi connectivity index (χ1v) is 4.23. The summed E-state index contributed by atoms with van der Waals surface area (Å²) in [6, 6.07) is 0. The number of allylic oxidation sites excluding steroid dienone is 1. The maximum atomic E-state index is 10.9. The van der Waals surface area contributed by atoms with Gasteiger partial charge in [0.25, 0.3) is 5.91 Å². The van der Waals surface area contributed by atoms with Crippen LogP contribution < -0.4 is 16.2 Å². The van der Waals surface area contributed by atoms with Crippen LogP contribution in [0.3, 0.4) is 0 Å². The summed E-state index contributed by atoms with van der Waals surface area (Å²) < 4.78 is 0. The number of carbonyl (C=O) groups is 3. The van der Waals surface area contributed by atoms with E-state index in [1.165, 1.54) is 12.2 Å². The van der Waals surface area contributed by atoms with E-state index in [-0.39, 0.29) is 13.2 Å². The van der Waals surface area contributed by atoms with Crippen LogP contribution in [0.4, 0.5) is 0 Å². The Morgan fingerprint density at radius 1 is 1.20 bits per heavy atom. The summed E-state index contributed by atoms with van der Waals surface area (Å²) in [6.07, 6.45) is 2.67. The first-order chi connectivity index (χ1) is 7.11. The third kappa shape index (κ3) is 6.22. The Morgan fingerprint density at radius 2 is 1.87 bits per heavy atom. The van der Waals surface area contributed by atoms with E-state index in [1.807, 2.05) is 10.9 Å². The third-order valence-electron chi connectivity index (χ3n) is 1.22. The molecule has 4 N–H and O–H groups in total. The van der Waals surface area contributed by atoms with Gasteiger partial charge in [-0.2, -0.15) is 0 Å². The second-order valence-electron chi connectivity index (χ2n) is 2.42. The van der Waals surface area contributed by atoms with Gasteiger partial charge in [-0.25, -0.2) is 0 Å². The van der Waals surface area contributed by atoms with E-state index in [0.717, 1.165) is 0 Å². The van der Waals surface area contributed by atoms with Gasteiger partial charge in [-0.1, -0.05) is 6.08 Å². The smallest absolute Gasteiger partial charge is 0.327 e. The molecule has 0 unspecified atom stereocenters. The van der Waals surface area contributed by atoms with E-state index in [4.69, 9.17) is 5.11 Å². The molecular formula is C8H13N3O4. The number of rotatable bonds is 3. The monoisotopic (exact) mass is 215 g/mol. The van der Waals surface area contributed by atoms with Gasteiger partial charge in [-0.15, -0.1) is 0 Å². The molecule has 0 spiro atoms. The minimum atomic E-state index is -0.999. The summed E-state index contributed by atoms with van der Waals surface area (Å²) in [6.45, 7) is 1.36. The standard InChI is InChI=1S/C8H13N3O4/c1-2-3-6(13)10-11-8(15)7(14)9-4-5-12/h2-3,12H,4-5H2,1H3,(H,9,14)(H,10,13)(H,11,15)/b3-2-. The normalized spacial score (nSPS) is 9.73. The van der Waals surface area contributed by atoms with Crippen molar-refractivity contribution in [2.75, 3.05) is 13.2 Å². The highest BCUT2D eigenvalue weighted by atomic mass is 16.3. The lowest BCUT2D eigenvalue weighted by Crippen LogP contribution is -2.48. The number of aliphatic hydroxyl groups is 1. The van der Waals surface area contributed by atoms with Crippen LogP contribution in [0, 0.1) is 0 Å². The molecular weight excluding hydrogens is 202 g/mol. The van der Waals surface area contributed by atoms with Crippen LogP contribution in [-0.2, 0) is 14.4 Å². The first-order valence-electron chi connectivity index (χ1n) is 4.23. The lowest BCUT2D eigenvalue weighted by molar-refractivity contribution is -0.140. The molecule has 0 heterocycles. The Hall–Kier alpha value is -1.89. The minimum Gasteiger partial charge on any atom is -0.395 e. The van der Waals surface area contributed by atoms with Crippen molar-refractivity contribution in [2.45, 2.75) is 6.92 Å². The lowest BCUT2D eigenvalue weighted by Gasteiger charge is -2.04. The van der Waals surface area contributed by atoms with Crippen molar-refractivity contribution in [1.29, 1.82) is 0 Å². The van der Waals surface area contributed by atoms with Crippen LogP contribution in [0.5, 0.6) is 0 Å². The van der Waals surface area contributed by atoms with Crippen molar-refractivity contribution in [3.05, 3.63) is 12.2 Å². The highest BCUT2D eigenvalue weighted by Crippen LogP contribution is 1.70. The molecule has 84 valence electrons. The highest BCUT2D eigenvalue weighted by Gasteiger charge is 2.12. The van der Waals surface area contributed by atoms with Gasteiger partial charge in [-0.3, -0.25) is 25.2 Å². The lowest BCUT2D eigenvalue weighted by atomic mass is 10.5. The quantitative estimate of drug-likeness (QED) is 0.244. The molecule has 0 fully saturated rings. The summed E-state index contributed by atoms with van der Waals surface area (Å²) in [5.41, 5.74) is 3.88. The van der Waals surface area contributed by atoms with Crippen molar-refractivity contribution in [1.82, 2.24) is 16.2 Å². The Labute approximate surface area is 86.5 Å². The van der Waals surface area contributed by atoms with Crippen LogP contribution in [0.15, 0.2) is 12.2 Å². The molecule has 0 saturated carbocycles. The fourth-order valence-electron chi connectivity index (χ4n) is 0.618. The van der Waals surface area contributed by atoms with Gasteiger partial charge < -0.3 is 10.4 Å². The van der Waals surface area contributed by atoms with Crippen molar-refractivity contribution in [2.24, 2.45) is 0 Å². The summed E-state index contributed by atoms with van der Waals surface area (Å²) in [7, 11) is 0. The maximum absolute atomic E-state index is 10.9. The molecule has 7 nitrogen and oxygen atoms in total. The minimum absolute atomic E-state index is 0.0188. The summed E-state index contributed by atoms with van der Waals surface area (Å²) >= 11 is 0.